The third kappa shape index (κ3) is 3.30. The van der Waals surface area contributed by atoms with E-state index in [-0.39, 0.29) is 40.6 Å². The van der Waals surface area contributed by atoms with Crippen molar-refractivity contribution in [2.45, 2.75) is 57.5 Å². The van der Waals surface area contributed by atoms with Crippen LogP contribution in [0.5, 0.6) is 0 Å². The summed E-state index contributed by atoms with van der Waals surface area (Å²) in [7, 11) is 1.70. The lowest BCUT2D eigenvalue weighted by Gasteiger charge is -2.59. The summed E-state index contributed by atoms with van der Waals surface area (Å²) < 4.78 is 14.0. The van der Waals surface area contributed by atoms with Gasteiger partial charge in [-0.05, 0) is 50.2 Å². The summed E-state index contributed by atoms with van der Waals surface area (Å²) in [5, 5.41) is 21.1. The van der Waals surface area contributed by atoms with E-state index in [0.717, 1.165) is 32.1 Å². The zero-order chi connectivity index (χ0) is 20.9. The van der Waals surface area contributed by atoms with Gasteiger partial charge in [0, 0.05) is 48.4 Å². The van der Waals surface area contributed by atoms with Crippen molar-refractivity contribution >= 4 is 28.9 Å². The molecule has 1 amide bonds. The van der Waals surface area contributed by atoms with E-state index >= 15 is 0 Å². The summed E-state index contributed by atoms with van der Waals surface area (Å²) in [6.45, 7) is 1.81. The van der Waals surface area contributed by atoms with Crippen LogP contribution in [0.4, 0.5) is 10.1 Å². The first-order chi connectivity index (χ1) is 13.8. The van der Waals surface area contributed by atoms with Crippen molar-refractivity contribution in [3.05, 3.63) is 28.5 Å². The van der Waals surface area contributed by atoms with Crippen molar-refractivity contribution in [1.29, 1.82) is 10.7 Å². The second-order valence-electron chi connectivity index (χ2n) is 9.00. The number of amides is 1. The topological polar surface area (TPSA) is 80.0 Å². The standard InChI is InChI=1S/C22H26ClFN4O/c1-12(21(26)19-17(27-2)4-3-16(24)20(19)23)5-18(29)28-14-6-13-7-15(28)10-22(8-13,9-14)11-25/h3-4,12-15,26-27H,5-10H2,1-2H3. The Morgan fingerprint density at radius 3 is 2.66 bits per heavy atom. The molecular formula is C22H26ClFN4O. The first-order valence-electron chi connectivity index (χ1n) is 10.3. The Labute approximate surface area is 175 Å². The van der Waals surface area contributed by atoms with Crippen LogP contribution in [0.25, 0.3) is 0 Å². The predicted molar refractivity (Wildman–Crippen MR) is 111 cm³/mol. The Morgan fingerprint density at radius 2 is 2.07 bits per heavy atom. The maximum absolute atomic E-state index is 14.0. The lowest BCUT2D eigenvalue weighted by molar-refractivity contribution is -0.153. The fourth-order valence-electron chi connectivity index (χ4n) is 5.91. The molecule has 2 saturated heterocycles. The van der Waals surface area contributed by atoms with Gasteiger partial charge < -0.3 is 15.6 Å². The van der Waals surface area contributed by atoms with E-state index in [4.69, 9.17) is 17.0 Å². The smallest absolute Gasteiger partial charge is 0.223 e. The van der Waals surface area contributed by atoms with Crippen LogP contribution in [-0.2, 0) is 4.79 Å². The normalized spacial score (nSPS) is 30.7. The Morgan fingerprint density at radius 1 is 1.41 bits per heavy atom. The van der Waals surface area contributed by atoms with E-state index in [9.17, 15) is 14.4 Å². The number of nitriles is 1. The molecule has 2 N–H and O–H groups in total. The second-order valence-corrected chi connectivity index (χ2v) is 9.38. The van der Waals surface area contributed by atoms with Crippen molar-refractivity contribution in [2.24, 2.45) is 17.3 Å². The summed E-state index contributed by atoms with van der Waals surface area (Å²) in [6.07, 6.45) is 4.67. The van der Waals surface area contributed by atoms with Gasteiger partial charge in [0.2, 0.25) is 5.91 Å². The van der Waals surface area contributed by atoms with Crippen LogP contribution in [-0.4, -0.2) is 35.7 Å². The molecule has 154 valence electrons. The highest BCUT2D eigenvalue weighted by atomic mass is 35.5. The van der Waals surface area contributed by atoms with Gasteiger partial charge in [0.1, 0.15) is 5.82 Å². The molecule has 5 rings (SSSR count). The number of carbonyl (C=O) groups is 1. The maximum Gasteiger partial charge on any atom is 0.223 e. The number of nitrogens with one attached hydrogen (secondary N) is 2. The predicted octanol–water partition coefficient (Wildman–Crippen LogP) is 4.60. The molecule has 2 heterocycles. The number of benzene rings is 1. The zero-order valence-corrected chi connectivity index (χ0v) is 17.5. The van der Waals surface area contributed by atoms with Gasteiger partial charge in [-0.25, -0.2) is 4.39 Å². The van der Waals surface area contributed by atoms with Crippen LogP contribution < -0.4 is 5.32 Å². The molecule has 5 nitrogen and oxygen atoms in total. The van der Waals surface area contributed by atoms with E-state index in [1.807, 2.05) is 11.8 Å². The molecule has 1 aromatic rings. The van der Waals surface area contributed by atoms with Gasteiger partial charge in [0.25, 0.3) is 0 Å². The number of hydrogen-bond donors (Lipinski definition) is 2. The van der Waals surface area contributed by atoms with Crippen molar-refractivity contribution < 1.29 is 9.18 Å². The van der Waals surface area contributed by atoms with E-state index in [0.29, 0.717) is 17.2 Å². The third-order valence-electron chi connectivity index (χ3n) is 7.06. The number of rotatable bonds is 5. The summed E-state index contributed by atoms with van der Waals surface area (Å²) >= 11 is 6.15. The molecule has 3 unspecified atom stereocenters. The van der Waals surface area contributed by atoms with E-state index in [1.165, 1.54) is 6.07 Å². The Hall–Kier alpha value is -2.13. The van der Waals surface area contributed by atoms with Gasteiger partial charge in [-0.2, -0.15) is 5.26 Å². The van der Waals surface area contributed by atoms with Crippen molar-refractivity contribution in [3.8, 4) is 6.07 Å². The largest absolute Gasteiger partial charge is 0.388 e. The lowest BCUT2D eigenvalue weighted by Crippen LogP contribution is -2.63. The SMILES string of the molecule is CNc1ccc(F)c(Cl)c1C(=N)C(C)CC(=O)N1C2CC3CC1CC(C#N)(C3)C2. The van der Waals surface area contributed by atoms with Gasteiger partial charge in [-0.3, -0.25) is 4.79 Å². The van der Waals surface area contributed by atoms with Crippen molar-refractivity contribution in [2.75, 3.05) is 12.4 Å². The van der Waals surface area contributed by atoms with Crippen molar-refractivity contribution in [3.63, 3.8) is 0 Å². The maximum atomic E-state index is 14.0. The molecule has 0 spiro atoms. The van der Waals surface area contributed by atoms with Crippen molar-refractivity contribution in [1.82, 2.24) is 4.90 Å². The molecule has 4 bridgehead atoms. The summed E-state index contributed by atoms with van der Waals surface area (Å²) in [5.41, 5.74) is 0.804. The number of piperidine rings is 2. The molecule has 0 aromatic heterocycles. The highest BCUT2D eigenvalue weighted by Gasteiger charge is 2.56. The molecule has 3 atom stereocenters. The average molecular weight is 417 g/mol. The molecule has 1 aromatic carbocycles. The molecule has 0 radical (unpaired) electrons. The van der Waals surface area contributed by atoms with Crippen LogP contribution in [0.15, 0.2) is 12.1 Å². The van der Waals surface area contributed by atoms with Crippen LogP contribution in [0.2, 0.25) is 5.02 Å². The summed E-state index contributed by atoms with van der Waals surface area (Å²) in [6, 6.07) is 5.65. The molecule has 7 heteroatoms. The number of anilines is 1. The molecule has 2 aliphatic heterocycles. The minimum Gasteiger partial charge on any atom is -0.388 e. The summed E-state index contributed by atoms with van der Waals surface area (Å²) in [4.78, 5) is 15.2. The van der Waals surface area contributed by atoms with Crippen LogP contribution in [0, 0.1) is 39.8 Å². The second kappa shape index (κ2) is 7.28. The minimum absolute atomic E-state index is 0.0303. The number of hydrogen-bond acceptors (Lipinski definition) is 4. The average Bonchev–Trinajstić information content (AvgIpc) is 2.68. The Kier molecular flexibility index (Phi) is 5.06. The molecule has 2 saturated carbocycles. The van der Waals surface area contributed by atoms with Gasteiger partial charge in [0.15, 0.2) is 0 Å². The molecular weight excluding hydrogens is 391 g/mol. The van der Waals surface area contributed by atoms with E-state index < -0.39 is 11.7 Å². The Balaban J connectivity index is 1.51. The fraction of sp³-hybridized carbons (Fsp3) is 0.591. The molecule has 29 heavy (non-hydrogen) atoms. The molecule has 4 fully saturated rings. The van der Waals surface area contributed by atoms with Gasteiger partial charge in [-0.15, -0.1) is 0 Å². The highest BCUT2D eigenvalue weighted by Crippen LogP contribution is 2.56. The Bertz CT molecular complexity index is 895. The van der Waals surface area contributed by atoms with E-state index in [2.05, 4.69) is 11.4 Å². The first-order valence-corrected chi connectivity index (χ1v) is 10.6. The van der Waals surface area contributed by atoms with Gasteiger partial charge in [-0.1, -0.05) is 18.5 Å². The zero-order valence-electron chi connectivity index (χ0n) is 16.8. The number of carbonyl (C=O) groups excluding carboxylic acids is 1. The quantitative estimate of drug-likeness (QED) is 0.688. The number of nitrogens with zero attached hydrogens (tertiary/aromatic N) is 2. The fourth-order valence-corrected chi connectivity index (χ4v) is 6.17. The van der Waals surface area contributed by atoms with Crippen LogP contribution >= 0.6 is 11.6 Å². The van der Waals surface area contributed by atoms with Gasteiger partial charge >= 0.3 is 0 Å². The third-order valence-corrected chi connectivity index (χ3v) is 7.43. The van der Waals surface area contributed by atoms with Crippen LogP contribution in [0.3, 0.4) is 0 Å². The monoisotopic (exact) mass is 416 g/mol. The first kappa shape index (κ1) is 20.2. The van der Waals surface area contributed by atoms with Crippen LogP contribution in [0.1, 0.15) is 51.0 Å². The summed E-state index contributed by atoms with van der Waals surface area (Å²) in [5.74, 6) is -0.384. The minimum atomic E-state index is -0.574. The molecule has 2 aliphatic carbocycles. The molecule has 4 aliphatic rings. The number of halogens is 2. The van der Waals surface area contributed by atoms with E-state index in [1.54, 1.807) is 13.1 Å². The lowest BCUT2D eigenvalue weighted by atomic mass is 9.56. The highest BCUT2D eigenvalue weighted by molar-refractivity contribution is 6.35. The van der Waals surface area contributed by atoms with Gasteiger partial charge in [0.05, 0.1) is 16.5 Å².